The van der Waals surface area contributed by atoms with Crippen molar-refractivity contribution in [2.24, 2.45) is 11.7 Å². The van der Waals surface area contributed by atoms with E-state index in [4.69, 9.17) is 5.73 Å². The number of rotatable bonds is 3. The largest absolute Gasteiger partial charge is 0.330 e. The van der Waals surface area contributed by atoms with Crippen LogP contribution in [0.5, 0.6) is 0 Å². The minimum Gasteiger partial charge on any atom is -0.330 e. The summed E-state index contributed by atoms with van der Waals surface area (Å²) in [4.78, 5) is 2.43. The van der Waals surface area contributed by atoms with Crippen LogP contribution in [0.4, 0.5) is 0 Å². The van der Waals surface area contributed by atoms with Crippen molar-refractivity contribution in [2.75, 3.05) is 19.6 Å². The van der Waals surface area contributed by atoms with E-state index in [0.717, 1.165) is 24.1 Å². The molecule has 1 rings (SSSR count). The Morgan fingerprint density at radius 1 is 1.75 bits per heavy atom. The molecule has 2 unspecified atom stereocenters. The minimum atomic E-state index is 0.660. The lowest BCUT2D eigenvalue weighted by Gasteiger charge is -2.19. The standard InChI is InChI=1S/C9H17BrN2/c1-7(10)5-12-6-9(4-11)3-8(12)2/h8-9H,1,3-6,11H2,2H3. The summed E-state index contributed by atoms with van der Waals surface area (Å²) in [6.07, 6.45) is 1.23. The van der Waals surface area contributed by atoms with E-state index in [1.807, 2.05) is 0 Å². The first-order chi connectivity index (χ1) is 5.63. The second-order valence-corrected chi connectivity index (χ2v) is 4.75. The van der Waals surface area contributed by atoms with E-state index >= 15 is 0 Å². The fraction of sp³-hybridized carbons (Fsp3) is 0.778. The average Bonchev–Trinajstić information content (AvgIpc) is 2.31. The molecule has 1 heterocycles. The van der Waals surface area contributed by atoms with Gasteiger partial charge in [-0.1, -0.05) is 22.5 Å². The molecule has 70 valence electrons. The predicted octanol–water partition coefficient (Wildman–Crippen LogP) is 1.56. The number of nitrogens with zero attached hydrogens (tertiary/aromatic N) is 1. The average molecular weight is 233 g/mol. The third-order valence-electron chi connectivity index (χ3n) is 2.50. The van der Waals surface area contributed by atoms with Crippen LogP contribution in [0.15, 0.2) is 11.1 Å². The Balaban J connectivity index is 2.40. The molecule has 0 aliphatic carbocycles. The molecular weight excluding hydrogens is 216 g/mol. The zero-order chi connectivity index (χ0) is 9.14. The lowest BCUT2D eigenvalue weighted by Crippen LogP contribution is -2.28. The number of hydrogen-bond donors (Lipinski definition) is 1. The van der Waals surface area contributed by atoms with Crippen LogP contribution in [0.1, 0.15) is 13.3 Å². The summed E-state index contributed by atoms with van der Waals surface area (Å²) in [5.74, 6) is 0.687. The zero-order valence-corrected chi connectivity index (χ0v) is 9.18. The molecule has 2 atom stereocenters. The van der Waals surface area contributed by atoms with Crippen molar-refractivity contribution >= 4 is 15.9 Å². The maximum Gasteiger partial charge on any atom is 0.0296 e. The normalized spacial score (nSPS) is 30.9. The zero-order valence-electron chi connectivity index (χ0n) is 7.59. The lowest BCUT2D eigenvalue weighted by molar-refractivity contribution is 0.292. The van der Waals surface area contributed by atoms with Crippen LogP contribution in [0, 0.1) is 5.92 Å². The number of nitrogens with two attached hydrogens (primary N) is 1. The molecule has 3 heteroatoms. The molecule has 1 fully saturated rings. The third-order valence-corrected chi connectivity index (χ3v) is 2.75. The van der Waals surface area contributed by atoms with Crippen molar-refractivity contribution in [1.82, 2.24) is 4.90 Å². The molecule has 0 spiro atoms. The Hall–Kier alpha value is 0.140. The van der Waals surface area contributed by atoms with Crippen molar-refractivity contribution < 1.29 is 0 Å². The van der Waals surface area contributed by atoms with Gasteiger partial charge in [0.2, 0.25) is 0 Å². The minimum absolute atomic E-state index is 0.660. The van der Waals surface area contributed by atoms with Crippen LogP contribution in [0.2, 0.25) is 0 Å². The van der Waals surface area contributed by atoms with Gasteiger partial charge in [-0.3, -0.25) is 4.90 Å². The first-order valence-corrected chi connectivity index (χ1v) is 5.20. The predicted molar refractivity (Wildman–Crippen MR) is 56.3 cm³/mol. The van der Waals surface area contributed by atoms with Gasteiger partial charge in [0.15, 0.2) is 0 Å². The second-order valence-electron chi connectivity index (χ2n) is 3.63. The van der Waals surface area contributed by atoms with Crippen molar-refractivity contribution in [3.8, 4) is 0 Å². The highest BCUT2D eigenvalue weighted by atomic mass is 79.9. The number of halogens is 1. The van der Waals surface area contributed by atoms with Crippen LogP contribution >= 0.6 is 15.9 Å². The van der Waals surface area contributed by atoms with Crippen LogP contribution in [-0.2, 0) is 0 Å². The topological polar surface area (TPSA) is 29.3 Å². The van der Waals surface area contributed by atoms with E-state index in [1.54, 1.807) is 0 Å². The molecule has 1 saturated heterocycles. The molecule has 12 heavy (non-hydrogen) atoms. The van der Waals surface area contributed by atoms with E-state index in [1.165, 1.54) is 6.42 Å². The van der Waals surface area contributed by atoms with Crippen molar-refractivity contribution in [3.63, 3.8) is 0 Å². The van der Waals surface area contributed by atoms with Gasteiger partial charge in [0.1, 0.15) is 0 Å². The number of hydrogen-bond acceptors (Lipinski definition) is 2. The molecule has 0 aromatic rings. The molecule has 0 radical (unpaired) electrons. The summed E-state index contributed by atoms with van der Waals surface area (Å²) in [7, 11) is 0. The van der Waals surface area contributed by atoms with Crippen molar-refractivity contribution in [3.05, 3.63) is 11.1 Å². The fourth-order valence-corrected chi connectivity index (χ4v) is 2.15. The monoisotopic (exact) mass is 232 g/mol. The first kappa shape index (κ1) is 10.2. The summed E-state index contributed by atoms with van der Waals surface area (Å²) >= 11 is 3.39. The second kappa shape index (κ2) is 4.40. The van der Waals surface area contributed by atoms with E-state index < -0.39 is 0 Å². The molecule has 0 amide bonds. The molecule has 0 bridgehead atoms. The van der Waals surface area contributed by atoms with E-state index in [-0.39, 0.29) is 0 Å². The Labute approximate surface area is 82.9 Å². The quantitative estimate of drug-likeness (QED) is 0.801. The lowest BCUT2D eigenvalue weighted by atomic mass is 10.1. The molecule has 2 N–H and O–H groups in total. The van der Waals surface area contributed by atoms with Gasteiger partial charge in [0.25, 0.3) is 0 Å². The molecular formula is C9H17BrN2. The summed E-state index contributed by atoms with van der Waals surface area (Å²) in [6.45, 7) is 9.00. The highest BCUT2D eigenvalue weighted by molar-refractivity contribution is 9.11. The number of likely N-dealkylation sites (tertiary alicyclic amines) is 1. The van der Waals surface area contributed by atoms with Crippen LogP contribution in [0.25, 0.3) is 0 Å². The molecule has 0 aromatic heterocycles. The van der Waals surface area contributed by atoms with E-state index in [2.05, 4.69) is 34.3 Å². The van der Waals surface area contributed by atoms with Crippen molar-refractivity contribution in [2.45, 2.75) is 19.4 Å². The Bertz CT molecular complexity index is 170. The van der Waals surface area contributed by atoms with Crippen molar-refractivity contribution in [1.29, 1.82) is 0 Å². The van der Waals surface area contributed by atoms with Gasteiger partial charge in [-0.25, -0.2) is 0 Å². The van der Waals surface area contributed by atoms with Crippen LogP contribution in [0.3, 0.4) is 0 Å². The van der Waals surface area contributed by atoms with Crippen LogP contribution < -0.4 is 5.73 Å². The molecule has 2 nitrogen and oxygen atoms in total. The molecule has 0 aromatic carbocycles. The SMILES string of the molecule is C=C(Br)CN1CC(CN)CC1C. The van der Waals surface area contributed by atoms with Gasteiger partial charge in [-0.05, 0) is 25.8 Å². The van der Waals surface area contributed by atoms with Gasteiger partial charge in [-0.15, -0.1) is 0 Å². The van der Waals surface area contributed by atoms with Crippen LogP contribution in [-0.4, -0.2) is 30.6 Å². The molecule has 0 saturated carbocycles. The third kappa shape index (κ3) is 2.57. The first-order valence-electron chi connectivity index (χ1n) is 4.41. The van der Waals surface area contributed by atoms with Gasteiger partial charge < -0.3 is 5.73 Å². The van der Waals surface area contributed by atoms with Gasteiger partial charge in [0.05, 0.1) is 0 Å². The van der Waals surface area contributed by atoms with Gasteiger partial charge in [0, 0.05) is 23.6 Å². The fourth-order valence-electron chi connectivity index (χ4n) is 1.83. The Morgan fingerprint density at radius 2 is 2.42 bits per heavy atom. The van der Waals surface area contributed by atoms with Gasteiger partial charge in [-0.2, -0.15) is 0 Å². The summed E-state index contributed by atoms with van der Waals surface area (Å²) in [6, 6.07) is 0.660. The highest BCUT2D eigenvalue weighted by Gasteiger charge is 2.27. The smallest absolute Gasteiger partial charge is 0.0296 e. The molecule has 1 aliphatic rings. The molecule has 1 aliphatic heterocycles. The summed E-state index contributed by atoms with van der Waals surface area (Å²) in [5, 5.41) is 0. The van der Waals surface area contributed by atoms with E-state index in [9.17, 15) is 0 Å². The maximum atomic E-state index is 5.63. The van der Waals surface area contributed by atoms with E-state index in [0.29, 0.717) is 12.0 Å². The summed E-state index contributed by atoms with van der Waals surface area (Å²) < 4.78 is 1.06. The Morgan fingerprint density at radius 3 is 2.83 bits per heavy atom. The van der Waals surface area contributed by atoms with Gasteiger partial charge >= 0.3 is 0 Å². The maximum absolute atomic E-state index is 5.63. The Kier molecular flexibility index (Phi) is 3.75. The highest BCUT2D eigenvalue weighted by Crippen LogP contribution is 2.23. The summed E-state index contributed by atoms with van der Waals surface area (Å²) in [5.41, 5.74) is 5.63.